The van der Waals surface area contributed by atoms with Crippen LogP contribution in [-0.4, -0.2) is 24.1 Å². The third kappa shape index (κ3) is 2.93. The molecule has 0 saturated heterocycles. The molecular formula is C5H12N4O. The van der Waals surface area contributed by atoms with Crippen molar-refractivity contribution in [3.05, 3.63) is 11.9 Å². The molecule has 0 radical (unpaired) electrons. The number of nitrogens with two attached hydrogens (primary N) is 3. The number of aliphatic imine (C=N–C) groups is 1. The van der Waals surface area contributed by atoms with Crippen LogP contribution in [0.5, 0.6) is 0 Å². The van der Waals surface area contributed by atoms with E-state index >= 15 is 0 Å². The molecule has 0 aromatic rings. The van der Waals surface area contributed by atoms with E-state index in [4.69, 9.17) is 22.3 Å². The van der Waals surface area contributed by atoms with E-state index in [0.29, 0.717) is 0 Å². The number of aliphatic hydroxyl groups is 1. The van der Waals surface area contributed by atoms with Gasteiger partial charge in [0.1, 0.15) is 5.84 Å². The van der Waals surface area contributed by atoms with Crippen LogP contribution >= 0.6 is 0 Å². The van der Waals surface area contributed by atoms with Gasteiger partial charge in [-0.1, -0.05) is 0 Å². The van der Waals surface area contributed by atoms with Gasteiger partial charge in [0.05, 0.1) is 18.8 Å². The van der Waals surface area contributed by atoms with Crippen LogP contribution in [0.25, 0.3) is 0 Å². The SMILES string of the molecule is NC=C(N)C(N)=NCCO. The minimum Gasteiger partial charge on any atom is -0.403 e. The van der Waals surface area contributed by atoms with Gasteiger partial charge in [0, 0.05) is 6.20 Å². The van der Waals surface area contributed by atoms with Gasteiger partial charge >= 0.3 is 0 Å². The second-order valence-corrected chi connectivity index (χ2v) is 1.61. The molecule has 0 rings (SSSR count). The Morgan fingerprint density at radius 1 is 1.50 bits per heavy atom. The standard InChI is InChI=1S/C5H12N4O/c6-3-4(7)5(8)9-1-2-10/h3,10H,1-2,6-7H2,(H2,8,9). The van der Waals surface area contributed by atoms with Crippen molar-refractivity contribution in [2.45, 2.75) is 0 Å². The van der Waals surface area contributed by atoms with E-state index in [2.05, 4.69) is 4.99 Å². The highest BCUT2D eigenvalue weighted by Gasteiger charge is 1.92. The highest BCUT2D eigenvalue weighted by molar-refractivity contribution is 5.95. The van der Waals surface area contributed by atoms with Crippen molar-refractivity contribution < 1.29 is 5.11 Å². The molecule has 0 aliphatic heterocycles. The van der Waals surface area contributed by atoms with E-state index in [9.17, 15) is 0 Å². The third-order valence-corrected chi connectivity index (χ3v) is 0.857. The maximum Gasteiger partial charge on any atom is 0.143 e. The summed E-state index contributed by atoms with van der Waals surface area (Å²) in [5.41, 5.74) is 15.8. The van der Waals surface area contributed by atoms with Crippen LogP contribution in [0.15, 0.2) is 16.9 Å². The van der Waals surface area contributed by atoms with E-state index in [1.54, 1.807) is 0 Å². The van der Waals surface area contributed by atoms with Gasteiger partial charge in [0.15, 0.2) is 0 Å². The summed E-state index contributed by atoms with van der Waals surface area (Å²) < 4.78 is 0. The summed E-state index contributed by atoms with van der Waals surface area (Å²) in [6.45, 7) is 0.207. The fraction of sp³-hybridized carbons (Fsp3) is 0.400. The highest BCUT2D eigenvalue weighted by Crippen LogP contribution is 1.79. The average Bonchev–Trinajstić information content (AvgIpc) is 1.98. The second-order valence-electron chi connectivity index (χ2n) is 1.61. The number of hydrogen-bond donors (Lipinski definition) is 4. The number of amidine groups is 1. The van der Waals surface area contributed by atoms with E-state index in [1.165, 1.54) is 0 Å². The fourth-order valence-electron chi connectivity index (χ4n) is 0.347. The molecule has 0 aromatic heterocycles. The van der Waals surface area contributed by atoms with Crippen LogP contribution in [0.4, 0.5) is 0 Å². The monoisotopic (exact) mass is 144 g/mol. The molecule has 0 heterocycles. The smallest absolute Gasteiger partial charge is 0.143 e. The predicted octanol–water partition coefficient (Wildman–Crippen LogP) is -1.91. The quantitative estimate of drug-likeness (QED) is 0.274. The van der Waals surface area contributed by atoms with Crippen molar-refractivity contribution in [1.29, 1.82) is 0 Å². The molecule has 0 aliphatic rings. The molecule has 58 valence electrons. The van der Waals surface area contributed by atoms with Crippen LogP contribution in [0.1, 0.15) is 0 Å². The maximum absolute atomic E-state index is 8.32. The van der Waals surface area contributed by atoms with E-state index in [-0.39, 0.29) is 24.7 Å². The second kappa shape index (κ2) is 4.63. The molecule has 10 heavy (non-hydrogen) atoms. The normalized spacial score (nSPS) is 13.7. The van der Waals surface area contributed by atoms with Crippen LogP contribution in [-0.2, 0) is 0 Å². The Hall–Kier alpha value is -1.23. The Balaban J connectivity index is 3.93. The summed E-state index contributed by atoms with van der Waals surface area (Å²) in [7, 11) is 0. The third-order valence-electron chi connectivity index (χ3n) is 0.857. The van der Waals surface area contributed by atoms with Crippen LogP contribution < -0.4 is 17.2 Å². The van der Waals surface area contributed by atoms with Crippen molar-refractivity contribution in [1.82, 2.24) is 0 Å². The molecule has 7 N–H and O–H groups in total. The molecule has 0 spiro atoms. The zero-order valence-corrected chi connectivity index (χ0v) is 5.62. The van der Waals surface area contributed by atoms with Crippen molar-refractivity contribution in [2.75, 3.05) is 13.2 Å². The van der Waals surface area contributed by atoms with Gasteiger partial charge < -0.3 is 22.3 Å². The minimum atomic E-state index is -0.0431. The Bertz CT molecular complexity index is 152. The molecule has 0 unspecified atom stereocenters. The molecule has 0 bridgehead atoms. The molecule has 5 heteroatoms. The van der Waals surface area contributed by atoms with Crippen molar-refractivity contribution in [3.8, 4) is 0 Å². The maximum atomic E-state index is 8.32. The first-order valence-corrected chi connectivity index (χ1v) is 2.81. The topological polar surface area (TPSA) is 111 Å². The summed E-state index contributed by atoms with van der Waals surface area (Å²) in [5, 5.41) is 8.32. The number of rotatable bonds is 3. The largest absolute Gasteiger partial charge is 0.403 e. The number of nitrogens with zero attached hydrogens (tertiary/aromatic N) is 1. The van der Waals surface area contributed by atoms with Crippen LogP contribution in [0.3, 0.4) is 0 Å². The van der Waals surface area contributed by atoms with Gasteiger partial charge in [0.25, 0.3) is 0 Å². The Morgan fingerprint density at radius 3 is 2.50 bits per heavy atom. The summed E-state index contributed by atoms with van der Waals surface area (Å²) in [6, 6.07) is 0. The average molecular weight is 144 g/mol. The lowest BCUT2D eigenvalue weighted by Gasteiger charge is -1.97. The zero-order chi connectivity index (χ0) is 7.98. The molecule has 0 aliphatic carbocycles. The summed E-state index contributed by atoms with van der Waals surface area (Å²) >= 11 is 0. The predicted molar refractivity (Wildman–Crippen MR) is 40.0 cm³/mol. The Morgan fingerprint density at radius 2 is 2.10 bits per heavy atom. The molecule has 0 fully saturated rings. The van der Waals surface area contributed by atoms with E-state index in [1.807, 2.05) is 0 Å². The van der Waals surface area contributed by atoms with E-state index < -0.39 is 0 Å². The van der Waals surface area contributed by atoms with Gasteiger partial charge in [-0.05, 0) is 0 Å². The van der Waals surface area contributed by atoms with Gasteiger partial charge in [-0.25, -0.2) is 0 Å². The van der Waals surface area contributed by atoms with Crippen molar-refractivity contribution in [3.63, 3.8) is 0 Å². The van der Waals surface area contributed by atoms with Crippen LogP contribution in [0, 0.1) is 0 Å². The molecule has 5 nitrogen and oxygen atoms in total. The fourth-order valence-corrected chi connectivity index (χ4v) is 0.347. The van der Waals surface area contributed by atoms with Crippen molar-refractivity contribution >= 4 is 5.84 Å². The first kappa shape index (κ1) is 8.77. The van der Waals surface area contributed by atoms with Gasteiger partial charge in [0.2, 0.25) is 0 Å². The summed E-state index contributed by atoms with van der Waals surface area (Å²) in [6.07, 6.45) is 1.16. The van der Waals surface area contributed by atoms with E-state index in [0.717, 1.165) is 6.20 Å². The number of aliphatic hydroxyl groups excluding tert-OH is 1. The first-order chi connectivity index (χ1) is 4.72. The molecule has 0 amide bonds. The Labute approximate surface area is 59.2 Å². The minimum absolute atomic E-state index is 0.0431. The first-order valence-electron chi connectivity index (χ1n) is 2.81. The lowest BCUT2D eigenvalue weighted by molar-refractivity contribution is 0.307. The van der Waals surface area contributed by atoms with Gasteiger partial charge in [-0.3, -0.25) is 4.99 Å². The van der Waals surface area contributed by atoms with Gasteiger partial charge in [-0.15, -0.1) is 0 Å². The zero-order valence-electron chi connectivity index (χ0n) is 5.62. The molecule has 0 saturated carbocycles. The Kier molecular flexibility index (Phi) is 4.06. The summed E-state index contributed by atoms with van der Waals surface area (Å²) in [5.74, 6) is 0.163. The lowest BCUT2D eigenvalue weighted by Crippen LogP contribution is -2.22. The van der Waals surface area contributed by atoms with Gasteiger partial charge in [-0.2, -0.15) is 0 Å². The molecular weight excluding hydrogens is 132 g/mol. The molecule has 0 atom stereocenters. The summed E-state index contributed by atoms with van der Waals surface area (Å²) in [4.78, 5) is 3.68. The van der Waals surface area contributed by atoms with Crippen molar-refractivity contribution in [2.24, 2.45) is 22.2 Å². The number of hydrogen-bond acceptors (Lipinski definition) is 4. The van der Waals surface area contributed by atoms with Crippen LogP contribution in [0.2, 0.25) is 0 Å². The lowest BCUT2D eigenvalue weighted by atomic mass is 10.4. The highest BCUT2D eigenvalue weighted by atomic mass is 16.3. The molecule has 0 aromatic carbocycles.